The van der Waals surface area contributed by atoms with Gasteiger partial charge in [-0.25, -0.2) is 9.78 Å². The molecule has 0 radical (unpaired) electrons. The van der Waals surface area contributed by atoms with Crippen LogP contribution in [0, 0.1) is 17.8 Å². The number of hydrogen-bond acceptors (Lipinski definition) is 3. The molecule has 1 aliphatic heterocycles. The van der Waals surface area contributed by atoms with Gasteiger partial charge in [0.1, 0.15) is 6.61 Å². The molecule has 0 aromatic carbocycles. The number of allylic oxidation sites excluding steroid dienone is 1. The Morgan fingerprint density at radius 3 is 2.71 bits per heavy atom. The van der Waals surface area contributed by atoms with Crippen LogP contribution in [0.3, 0.4) is 0 Å². The van der Waals surface area contributed by atoms with E-state index >= 15 is 0 Å². The van der Waals surface area contributed by atoms with Gasteiger partial charge < -0.3 is 5.32 Å². The Labute approximate surface area is 84.4 Å². The first-order valence-corrected chi connectivity index (χ1v) is 5.59. The highest BCUT2D eigenvalue weighted by Gasteiger charge is 2.39. The molecule has 2 fully saturated rings. The molecule has 1 saturated heterocycles. The predicted molar refractivity (Wildman–Crippen MR) is 52.6 cm³/mol. The van der Waals surface area contributed by atoms with Gasteiger partial charge in [-0.05, 0) is 30.3 Å². The van der Waals surface area contributed by atoms with Crippen LogP contribution in [-0.2, 0) is 9.78 Å². The minimum atomic E-state index is 0.668. The SMILES string of the molecule is C1=C(COOCC2CNC2)[C@H]2CCC12. The molecule has 3 nitrogen and oxygen atoms in total. The van der Waals surface area contributed by atoms with Gasteiger partial charge in [0.05, 0.1) is 6.61 Å². The first-order chi connectivity index (χ1) is 6.93. The van der Waals surface area contributed by atoms with Crippen molar-refractivity contribution >= 4 is 0 Å². The first-order valence-electron chi connectivity index (χ1n) is 5.59. The molecule has 78 valence electrons. The van der Waals surface area contributed by atoms with Crippen molar-refractivity contribution in [2.24, 2.45) is 17.8 Å². The topological polar surface area (TPSA) is 30.5 Å². The van der Waals surface area contributed by atoms with Gasteiger partial charge >= 0.3 is 0 Å². The zero-order valence-corrected chi connectivity index (χ0v) is 8.37. The fourth-order valence-corrected chi connectivity index (χ4v) is 2.34. The van der Waals surface area contributed by atoms with Gasteiger partial charge in [-0.1, -0.05) is 6.08 Å². The lowest BCUT2D eigenvalue weighted by Crippen LogP contribution is -2.44. The lowest BCUT2D eigenvalue weighted by molar-refractivity contribution is -0.298. The van der Waals surface area contributed by atoms with Crippen LogP contribution in [0.2, 0.25) is 0 Å². The summed E-state index contributed by atoms with van der Waals surface area (Å²) in [6, 6.07) is 0. The van der Waals surface area contributed by atoms with E-state index in [1.165, 1.54) is 18.4 Å². The van der Waals surface area contributed by atoms with E-state index in [1.807, 2.05) is 0 Å². The standard InChI is InChI=1S/C11H17NO2/c1-2-11-9(1)3-10(11)7-14-13-6-8-4-12-5-8/h3,8-9,11-12H,1-2,4-7H2/t9?,11-/m0/s1. The van der Waals surface area contributed by atoms with Gasteiger partial charge in [0.2, 0.25) is 0 Å². The summed E-state index contributed by atoms with van der Waals surface area (Å²) in [5.41, 5.74) is 1.47. The Morgan fingerprint density at radius 1 is 1.29 bits per heavy atom. The third kappa shape index (κ3) is 1.49. The van der Waals surface area contributed by atoms with Gasteiger partial charge in [0, 0.05) is 19.0 Å². The maximum atomic E-state index is 5.20. The fourth-order valence-electron chi connectivity index (χ4n) is 2.34. The molecule has 3 aliphatic rings. The average Bonchev–Trinajstić information content (AvgIpc) is 2.08. The summed E-state index contributed by atoms with van der Waals surface area (Å²) in [5.74, 6) is 2.41. The number of fused-ring (bicyclic) bond motifs is 1. The molecule has 2 aliphatic carbocycles. The van der Waals surface area contributed by atoms with Gasteiger partial charge in [-0.15, -0.1) is 0 Å². The van der Waals surface area contributed by atoms with Crippen molar-refractivity contribution in [2.45, 2.75) is 12.8 Å². The molecule has 0 amide bonds. The lowest BCUT2D eigenvalue weighted by atomic mass is 9.61. The van der Waals surface area contributed by atoms with Crippen LogP contribution in [0.4, 0.5) is 0 Å². The molecular weight excluding hydrogens is 178 g/mol. The molecule has 1 saturated carbocycles. The molecule has 3 heteroatoms. The second kappa shape index (κ2) is 3.65. The van der Waals surface area contributed by atoms with Crippen molar-refractivity contribution < 1.29 is 9.78 Å². The highest BCUT2D eigenvalue weighted by Crippen LogP contribution is 2.48. The fraction of sp³-hybridized carbons (Fsp3) is 0.818. The Hall–Kier alpha value is -0.380. The number of nitrogens with one attached hydrogen (secondary N) is 1. The van der Waals surface area contributed by atoms with Gasteiger partial charge in [0.25, 0.3) is 0 Å². The zero-order chi connectivity index (χ0) is 9.38. The summed E-state index contributed by atoms with van der Waals surface area (Å²) < 4.78 is 0. The molecule has 1 unspecified atom stereocenters. The van der Waals surface area contributed by atoms with E-state index in [2.05, 4.69) is 11.4 Å². The largest absolute Gasteiger partial charge is 0.316 e. The highest BCUT2D eigenvalue weighted by atomic mass is 17.2. The zero-order valence-electron chi connectivity index (χ0n) is 8.37. The molecule has 0 aromatic rings. The van der Waals surface area contributed by atoms with Gasteiger partial charge in [0.15, 0.2) is 0 Å². The maximum Gasteiger partial charge on any atom is 0.104 e. The van der Waals surface area contributed by atoms with Crippen LogP contribution >= 0.6 is 0 Å². The van der Waals surface area contributed by atoms with Crippen molar-refractivity contribution in [3.63, 3.8) is 0 Å². The number of hydrogen-bond donors (Lipinski definition) is 1. The smallest absolute Gasteiger partial charge is 0.104 e. The Kier molecular flexibility index (Phi) is 2.32. The van der Waals surface area contributed by atoms with E-state index in [0.717, 1.165) is 31.5 Å². The summed E-state index contributed by atoms with van der Waals surface area (Å²) >= 11 is 0. The van der Waals surface area contributed by atoms with E-state index in [1.54, 1.807) is 0 Å². The molecule has 2 atom stereocenters. The predicted octanol–water partition coefficient (Wildman–Crippen LogP) is 1.12. The van der Waals surface area contributed by atoms with Crippen LogP contribution in [0.15, 0.2) is 11.6 Å². The van der Waals surface area contributed by atoms with Gasteiger partial charge in [-0.3, -0.25) is 0 Å². The Bertz CT molecular complexity index is 248. The first kappa shape index (κ1) is 8.89. The van der Waals surface area contributed by atoms with Crippen LogP contribution in [0.25, 0.3) is 0 Å². The summed E-state index contributed by atoms with van der Waals surface area (Å²) in [6.45, 7) is 3.60. The van der Waals surface area contributed by atoms with Crippen molar-refractivity contribution in [2.75, 3.05) is 26.3 Å². The second-order valence-corrected chi connectivity index (χ2v) is 4.66. The van der Waals surface area contributed by atoms with Crippen molar-refractivity contribution in [1.29, 1.82) is 0 Å². The second-order valence-electron chi connectivity index (χ2n) is 4.66. The molecule has 14 heavy (non-hydrogen) atoms. The molecule has 0 aromatic heterocycles. The Balaban J connectivity index is 1.29. The number of rotatable bonds is 5. The van der Waals surface area contributed by atoms with Crippen molar-refractivity contribution in [3.8, 4) is 0 Å². The van der Waals surface area contributed by atoms with Gasteiger partial charge in [-0.2, -0.15) is 0 Å². The lowest BCUT2D eigenvalue weighted by Gasteiger charge is -2.44. The molecular formula is C11H17NO2. The highest BCUT2D eigenvalue weighted by molar-refractivity contribution is 5.26. The van der Waals surface area contributed by atoms with E-state index in [4.69, 9.17) is 9.78 Å². The molecule has 0 spiro atoms. The summed E-state index contributed by atoms with van der Waals surface area (Å²) in [6.07, 6.45) is 5.11. The van der Waals surface area contributed by atoms with Crippen molar-refractivity contribution in [3.05, 3.63) is 11.6 Å². The Morgan fingerprint density at radius 2 is 2.21 bits per heavy atom. The minimum absolute atomic E-state index is 0.668. The van der Waals surface area contributed by atoms with E-state index in [0.29, 0.717) is 12.5 Å². The van der Waals surface area contributed by atoms with E-state index in [9.17, 15) is 0 Å². The molecule has 0 bridgehead atoms. The van der Waals surface area contributed by atoms with Crippen LogP contribution in [0.1, 0.15) is 12.8 Å². The normalized spacial score (nSPS) is 35.0. The minimum Gasteiger partial charge on any atom is -0.316 e. The van der Waals surface area contributed by atoms with Crippen molar-refractivity contribution in [1.82, 2.24) is 5.32 Å². The molecule has 3 rings (SSSR count). The monoisotopic (exact) mass is 195 g/mol. The summed E-state index contributed by atoms with van der Waals surface area (Å²) in [5, 5.41) is 3.21. The quantitative estimate of drug-likeness (QED) is 0.308. The third-order valence-electron chi connectivity index (χ3n) is 3.71. The third-order valence-corrected chi connectivity index (χ3v) is 3.71. The average molecular weight is 195 g/mol. The van der Waals surface area contributed by atoms with Crippen LogP contribution < -0.4 is 5.32 Å². The maximum absolute atomic E-state index is 5.20. The van der Waals surface area contributed by atoms with Crippen LogP contribution in [0.5, 0.6) is 0 Å². The molecule has 1 heterocycles. The molecule has 1 N–H and O–H groups in total. The summed E-state index contributed by atoms with van der Waals surface area (Å²) in [7, 11) is 0. The van der Waals surface area contributed by atoms with E-state index in [-0.39, 0.29) is 0 Å². The van der Waals surface area contributed by atoms with E-state index < -0.39 is 0 Å². The summed E-state index contributed by atoms with van der Waals surface area (Å²) in [4.78, 5) is 10.4. The van der Waals surface area contributed by atoms with Crippen LogP contribution in [-0.4, -0.2) is 26.3 Å².